The summed E-state index contributed by atoms with van der Waals surface area (Å²) < 4.78 is 4.95. The lowest BCUT2D eigenvalue weighted by Gasteiger charge is -2.62. The first kappa shape index (κ1) is 21.0. The van der Waals surface area contributed by atoms with Crippen molar-refractivity contribution in [2.75, 3.05) is 7.11 Å². The fourth-order valence-corrected chi connectivity index (χ4v) is 6.59. The number of carboxylic acids is 1. The number of methoxy groups -OCH3 is 1. The van der Waals surface area contributed by atoms with Crippen LogP contribution in [0, 0.1) is 34.5 Å². The van der Waals surface area contributed by atoms with Crippen LogP contribution in [-0.2, 0) is 19.1 Å². The van der Waals surface area contributed by atoms with Crippen molar-refractivity contribution in [3.63, 3.8) is 0 Å². The van der Waals surface area contributed by atoms with E-state index in [0.717, 1.165) is 5.57 Å². The number of aliphatic carboxylic acids is 1. The molecule has 0 aliphatic heterocycles. The van der Waals surface area contributed by atoms with Crippen LogP contribution in [0.2, 0.25) is 0 Å². The maximum absolute atomic E-state index is 13.4. The first-order valence-corrected chi connectivity index (χ1v) is 9.91. The molecule has 0 unspecified atom stereocenters. The molecule has 7 nitrogen and oxygen atoms in total. The van der Waals surface area contributed by atoms with Crippen molar-refractivity contribution in [1.29, 1.82) is 0 Å². The number of carbonyl (C=O) groups excluding carboxylic acids is 2. The van der Waals surface area contributed by atoms with Crippen molar-refractivity contribution in [2.24, 2.45) is 34.5 Å². The van der Waals surface area contributed by atoms with Gasteiger partial charge in [-0.05, 0) is 49.9 Å². The van der Waals surface area contributed by atoms with E-state index >= 15 is 0 Å². The molecular weight excluding hydrogens is 364 g/mol. The lowest BCUT2D eigenvalue weighted by atomic mass is 9.41. The summed E-state index contributed by atoms with van der Waals surface area (Å²) in [6.45, 7) is 5.41. The molecule has 28 heavy (non-hydrogen) atoms. The van der Waals surface area contributed by atoms with Gasteiger partial charge in [0.05, 0.1) is 13.2 Å². The predicted molar refractivity (Wildman–Crippen MR) is 99.1 cm³/mol. The number of allylic oxidation sites excluding steroid dienone is 1. The number of aliphatic hydroxyl groups is 2. The van der Waals surface area contributed by atoms with Gasteiger partial charge in [-0.2, -0.15) is 0 Å². The Bertz CT molecular complexity index is 728. The van der Waals surface area contributed by atoms with E-state index < -0.39 is 52.6 Å². The first-order chi connectivity index (χ1) is 13.0. The SMILES string of the molecule is COC(=O)[C@]1(C)[C@@H]2C(=O)[C@H](O)[C@H]3[C@@H](C)/C(=C/C(=O)O)CC[C@@H]3[C@@]2(C)CC[C@@H]1O. The molecule has 0 bridgehead atoms. The second-order valence-corrected chi connectivity index (χ2v) is 9.18. The Morgan fingerprint density at radius 1 is 1.21 bits per heavy atom. The average molecular weight is 394 g/mol. The van der Waals surface area contributed by atoms with Gasteiger partial charge in [0.25, 0.3) is 0 Å². The van der Waals surface area contributed by atoms with Gasteiger partial charge >= 0.3 is 11.9 Å². The van der Waals surface area contributed by atoms with Crippen molar-refractivity contribution < 1.29 is 34.4 Å². The minimum Gasteiger partial charge on any atom is -0.478 e. The topological polar surface area (TPSA) is 121 Å². The number of fused-ring (bicyclic) bond motifs is 3. The van der Waals surface area contributed by atoms with Crippen LogP contribution in [-0.4, -0.2) is 52.4 Å². The Morgan fingerprint density at radius 3 is 2.43 bits per heavy atom. The molecule has 0 radical (unpaired) electrons. The van der Waals surface area contributed by atoms with Crippen molar-refractivity contribution >= 4 is 17.7 Å². The molecule has 3 rings (SSSR count). The average Bonchev–Trinajstić information content (AvgIpc) is 2.63. The molecule has 156 valence electrons. The van der Waals surface area contributed by atoms with Gasteiger partial charge in [0.2, 0.25) is 0 Å². The number of rotatable bonds is 2. The van der Waals surface area contributed by atoms with Crippen molar-refractivity contribution in [3.8, 4) is 0 Å². The van der Waals surface area contributed by atoms with E-state index in [-0.39, 0.29) is 11.8 Å². The molecule has 3 aliphatic carbocycles. The predicted octanol–water partition coefficient (Wildman–Crippen LogP) is 1.56. The Hall–Kier alpha value is -1.73. The van der Waals surface area contributed by atoms with Crippen molar-refractivity contribution in [2.45, 2.75) is 58.7 Å². The summed E-state index contributed by atoms with van der Waals surface area (Å²) in [5, 5.41) is 30.8. The Labute approximate surface area is 164 Å². The van der Waals surface area contributed by atoms with Crippen LogP contribution < -0.4 is 0 Å². The molecule has 0 spiro atoms. The molecular formula is C21H30O7. The number of hydrogen-bond acceptors (Lipinski definition) is 6. The molecule has 8 atom stereocenters. The summed E-state index contributed by atoms with van der Waals surface area (Å²) in [5.41, 5.74) is -1.26. The van der Waals surface area contributed by atoms with Crippen LogP contribution >= 0.6 is 0 Å². The molecule has 0 aromatic rings. The van der Waals surface area contributed by atoms with Crippen LogP contribution in [0.15, 0.2) is 11.6 Å². The summed E-state index contributed by atoms with van der Waals surface area (Å²) >= 11 is 0. The number of hydrogen-bond donors (Lipinski definition) is 3. The molecule has 0 aromatic carbocycles. The molecule has 0 heterocycles. The zero-order valence-electron chi connectivity index (χ0n) is 16.8. The summed E-state index contributed by atoms with van der Waals surface area (Å²) in [7, 11) is 1.24. The maximum atomic E-state index is 13.4. The number of carboxylic acid groups (broad SMARTS) is 1. The normalized spacial score (nSPS) is 47.2. The fourth-order valence-electron chi connectivity index (χ4n) is 6.59. The van der Waals surface area contributed by atoms with Crippen molar-refractivity contribution in [1.82, 2.24) is 0 Å². The minimum absolute atomic E-state index is 0.0531. The molecule has 3 fully saturated rings. The number of Topliss-reactive ketones (excluding diaryl/α,β-unsaturated/α-hetero) is 1. The molecule has 0 aromatic heterocycles. The van der Waals surface area contributed by atoms with E-state index in [1.165, 1.54) is 13.2 Å². The molecule has 3 N–H and O–H groups in total. The van der Waals surface area contributed by atoms with Gasteiger partial charge in [0.1, 0.15) is 11.5 Å². The first-order valence-electron chi connectivity index (χ1n) is 9.91. The minimum atomic E-state index is -1.41. The molecule has 3 aliphatic rings. The largest absolute Gasteiger partial charge is 0.478 e. The molecule has 0 amide bonds. The zero-order valence-corrected chi connectivity index (χ0v) is 16.8. The van der Waals surface area contributed by atoms with Crippen LogP contribution in [0.1, 0.15) is 46.5 Å². The van der Waals surface area contributed by atoms with Gasteiger partial charge in [0.15, 0.2) is 5.78 Å². The zero-order chi connectivity index (χ0) is 21.0. The second kappa shape index (κ2) is 6.95. The van der Waals surface area contributed by atoms with Gasteiger partial charge in [-0.3, -0.25) is 9.59 Å². The maximum Gasteiger partial charge on any atom is 0.328 e. The number of aliphatic hydroxyl groups excluding tert-OH is 2. The summed E-state index contributed by atoms with van der Waals surface area (Å²) in [4.78, 5) is 37.2. The van der Waals surface area contributed by atoms with Gasteiger partial charge in [-0.25, -0.2) is 4.79 Å². The lowest BCUT2D eigenvalue weighted by Crippen LogP contribution is -2.68. The van der Waals surface area contributed by atoms with Crippen LogP contribution in [0.5, 0.6) is 0 Å². The number of carbonyl (C=O) groups is 3. The van der Waals surface area contributed by atoms with Gasteiger partial charge < -0.3 is 20.1 Å². The van der Waals surface area contributed by atoms with Crippen LogP contribution in [0.25, 0.3) is 0 Å². The third kappa shape index (κ3) is 2.74. The number of ether oxygens (including phenoxy) is 1. The van der Waals surface area contributed by atoms with E-state index in [2.05, 4.69) is 0 Å². The van der Waals surface area contributed by atoms with Crippen LogP contribution in [0.3, 0.4) is 0 Å². The Kier molecular flexibility index (Phi) is 5.21. The van der Waals surface area contributed by atoms with Gasteiger partial charge in [-0.15, -0.1) is 0 Å². The van der Waals surface area contributed by atoms with E-state index in [9.17, 15) is 24.6 Å². The third-order valence-corrected chi connectivity index (χ3v) is 8.00. The van der Waals surface area contributed by atoms with E-state index in [0.29, 0.717) is 25.7 Å². The van der Waals surface area contributed by atoms with Gasteiger partial charge in [0, 0.05) is 17.9 Å². The summed E-state index contributed by atoms with van der Waals surface area (Å²) in [5.74, 6) is -3.65. The second-order valence-electron chi connectivity index (χ2n) is 9.18. The molecule has 7 heteroatoms. The highest BCUT2D eigenvalue weighted by atomic mass is 16.5. The Morgan fingerprint density at radius 2 is 1.86 bits per heavy atom. The standard InChI is InChI=1S/C21H30O7/c1-10-11(9-14(23)24)5-6-12-15(10)16(25)17(26)18-20(12,2)8-7-13(22)21(18,3)19(27)28-4/h9-10,12-13,15-16,18,22,25H,5-8H2,1-4H3,(H,23,24)/b11-9+/t10-,12-,13-,15-,16+,18+,20+,21-/m0/s1. The lowest BCUT2D eigenvalue weighted by molar-refractivity contribution is -0.209. The van der Waals surface area contributed by atoms with Crippen LogP contribution in [0.4, 0.5) is 0 Å². The number of esters is 1. The Balaban J connectivity index is 2.09. The van der Waals surface area contributed by atoms with E-state index in [4.69, 9.17) is 9.84 Å². The fraction of sp³-hybridized carbons (Fsp3) is 0.762. The summed E-state index contributed by atoms with van der Waals surface area (Å²) in [6, 6.07) is 0. The molecule has 0 saturated heterocycles. The monoisotopic (exact) mass is 394 g/mol. The highest BCUT2D eigenvalue weighted by molar-refractivity contribution is 5.94. The van der Waals surface area contributed by atoms with Gasteiger partial charge in [-0.1, -0.05) is 19.4 Å². The smallest absolute Gasteiger partial charge is 0.328 e. The number of ketones is 1. The quantitative estimate of drug-likeness (QED) is 0.480. The highest BCUT2D eigenvalue weighted by Crippen LogP contribution is 2.64. The van der Waals surface area contributed by atoms with Crippen molar-refractivity contribution in [3.05, 3.63) is 11.6 Å². The van der Waals surface area contributed by atoms with E-state index in [1.807, 2.05) is 13.8 Å². The molecule has 3 saturated carbocycles. The summed E-state index contributed by atoms with van der Waals surface area (Å²) in [6.07, 6.45) is 1.02. The van der Waals surface area contributed by atoms with E-state index in [1.54, 1.807) is 6.92 Å². The highest BCUT2D eigenvalue weighted by Gasteiger charge is 2.68. The third-order valence-electron chi connectivity index (χ3n) is 8.00.